The Hall–Kier alpha value is -1.89. The zero-order valence-electron chi connectivity index (χ0n) is 9.96. The van der Waals surface area contributed by atoms with Gasteiger partial charge in [-0.05, 0) is 12.1 Å². The summed E-state index contributed by atoms with van der Waals surface area (Å²) in [4.78, 5) is 8.23. The topological polar surface area (TPSA) is 78.0 Å². The molecule has 0 spiro atoms. The summed E-state index contributed by atoms with van der Waals surface area (Å²) in [5.41, 5.74) is 5.46. The number of hydrogen-bond donors (Lipinski definition) is 2. The molecule has 1 aromatic heterocycles. The van der Waals surface area contributed by atoms with Crippen molar-refractivity contribution in [2.45, 2.75) is 0 Å². The number of rotatable bonds is 3. The van der Waals surface area contributed by atoms with Crippen molar-refractivity contribution < 1.29 is 9.60 Å². The maximum atomic E-state index is 12.8. The molecule has 0 unspecified atom stereocenters. The molecule has 0 bridgehead atoms. The van der Waals surface area contributed by atoms with E-state index in [0.29, 0.717) is 6.54 Å². The van der Waals surface area contributed by atoms with Gasteiger partial charge in [0.25, 0.3) is 0 Å². The molecule has 2 heterocycles. The van der Waals surface area contributed by atoms with Crippen molar-refractivity contribution in [3.05, 3.63) is 24.1 Å². The lowest BCUT2D eigenvalue weighted by Gasteiger charge is -2.34. The largest absolute Gasteiger partial charge is 0.409 e. The van der Waals surface area contributed by atoms with E-state index in [1.165, 1.54) is 12.3 Å². The summed E-state index contributed by atoms with van der Waals surface area (Å²) in [6, 6.07) is 3.08. The van der Waals surface area contributed by atoms with Gasteiger partial charge in [0.15, 0.2) is 5.84 Å². The van der Waals surface area contributed by atoms with Crippen LogP contribution in [0.4, 0.5) is 10.2 Å². The van der Waals surface area contributed by atoms with Gasteiger partial charge < -0.3 is 15.8 Å². The van der Waals surface area contributed by atoms with Crippen molar-refractivity contribution >= 4 is 11.7 Å². The van der Waals surface area contributed by atoms with Crippen molar-refractivity contribution in [3.63, 3.8) is 0 Å². The minimum atomic E-state index is -0.329. The van der Waals surface area contributed by atoms with Crippen molar-refractivity contribution in [1.82, 2.24) is 9.88 Å². The highest BCUT2D eigenvalue weighted by atomic mass is 19.1. The van der Waals surface area contributed by atoms with Crippen LogP contribution in [0.15, 0.2) is 23.5 Å². The van der Waals surface area contributed by atoms with Crippen LogP contribution in [-0.2, 0) is 0 Å². The van der Waals surface area contributed by atoms with E-state index in [2.05, 4.69) is 19.9 Å². The molecule has 1 aliphatic heterocycles. The van der Waals surface area contributed by atoms with E-state index in [1.54, 1.807) is 6.07 Å². The summed E-state index contributed by atoms with van der Waals surface area (Å²) in [6.45, 7) is 3.64. The highest BCUT2D eigenvalue weighted by Crippen LogP contribution is 2.13. The molecule has 0 atom stereocenters. The predicted octanol–water partition coefficient (Wildman–Crippen LogP) is 0.0891. The van der Waals surface area contributed by atoms with Crippen molar-refractivity contribution in [2.24, 2.45) is 10.9 Å². The van der Waals surface area contributed by atoms with Gasteiger partial charge in [-0.25, -0.2) is 9.37 Å². The van der Waals surface area contributed by atoms with E-state index in [0.717, 1.165) is 32.0 Å². The van der Waals surface area contributed by atoms with E-state index in [1.807, 2.05) is 0 Å². The van der Waals surface area contributed by atoms with E-state index in [4.69, 9.17) is 10.9 Å². The predicted molar refractivity (Wildman–Crippen MR) is 66.3 cm³/mol. The second-order valence-electron chi connectivity index (χ2n) is 4.19. The molecular weight excluding hydrogens is 237 g/mol. The molecule has 7 heteroatoms. The molecule has 0 amide bonds. The van der Waals surface area contributed by atoms with Crippen molar-refractivity contribution in [1.29, 1.82) is 0 Å². The van der Waals surface area contributed by atoms with Gasteiger partial charge in [-0.1, -0.05) is 5.16 Å². The van der Waals surface area contributed by atoms with E-state index >= 15 is 0 Å². The molecule has 1 fully saturated rings. The average molecular weight is 253 g/mol. The quantitative estimate of drug-likeness (QED) is 0.345. The summed E-state index contributed by atoms with van der Waals surface area (Å²) in [5.74, 6) is 0.660. The third-order valence-corrected chi connectivity index (χ3v) is 2.92. The Balaban J connectivity index is 1.88. The number of hydrogen-bond acceptors (Lipinski definition) is 5. The Morgan fingerprint density at radius 1 is 1.39 bits per heavy atom. The van der Waals surface area contributed by atoms with Crippen LogP contribution in [0.1, 0.15) is 0 Å². The second-order valence-corrected chi connectivity index (χ2v) is 4.19. The lowest BCUT2D eigenvalue weighted by atomic mass is 10.3. The van der Waals surface area contributed by atoms with Gasteiger partial charge in [0, 0.05) is 26.2 Å². The SMILES string of the molecule is NC(CN1CCN(c2ccc(F)cn2)CC1)=NO. The fourth-order valence-corrected chi connectivity index (χ4v) is 1.95. The van der Waals surface area contributed by atoms with Gasteiger partial charge >= 0.3 is 0 Å². The van der Waals surface area contributed by atoms with Crippen LogP contribution in [0.5, 0.6) is 0 Å². The number of piperazine rings is 1. The highest BCUT2D eigenvalue weighted by Gasteiger charge is 2.18. The molecule has 0 aliphatic carbocycles. The fourth-order valence-electron chi connectivity index (χ4n) is 1.95. The summed E-state index contributed by atoms with van der Waals surface area (Å²) in [5, 5.41) is 11.5. The summed E-state index contributed by atoms with van der Waals surface area (Å²) < 4.78 is 12.8. The van der Waals surface area contributed by atoms with Crippen molar-refractivity contribution in [2.75, 3.05) is 37.6 Å². The van der Waals surface area contributed by atoms with Gasteiger partial charge in [0.05, 0.1) is 12.7 Å². The van der Waals surface area contributed by atoms with Crippen molar-refractivity contribution in [3.8, 4) is 0 Å². The monoisotopic (exact) mass is 253 g/mol. The first-order valence-corrected chi connectivity index (χ1v) is 5.74. The molecular formula is C11H16FN5O. The number of nitrogens with two attached hydrogens (primary N) is 1. The van der Waals surface area contributed by atoms with Crippen LogP contribution in [-0.4, -0.2) is 53.7 Å². The molecule has 1 aliphatic rings. The smallest absolute Gasteiger partial charge is 0.153 e. The molecule has 0 radical (unpaired) electrons. The molecule has 2 rings (SSSR count). The van der Waals surface area contributed by atoms with Gasteiger partial charge in [0.2, 0.25) is 0 Å². The number of aromatic nitrogens is 1. The Bertz CT molecular complexity index is 414. The zero-order chi connectivity index (χ0) is 13.0. The number of amidine groups is 1. The van der Waals surface area contributed by atoms with Crippen LogP contribution in [0.25, 0.3) is 0 Å². The Kier molecular flexibility index (Phi) is 3.93. The molecule has 3 N–H and O–H groups in total. The maximum Gasteiger partial charge on any atom is 0.153 e. The molecule has 98 valence electrons. The minimum absolute atomic E-state index is 0.211. The third kappa shape index (κ3) is 3.07. The Labute approximate surface area is 105 Å². The van der Waals surface area contributed by atoms with Crippen LogP contribution >= 0.6 is 0 Å². The van der Waals surface area contributed by atoms with Gasteiger partial charge in [-0.3, -0.25) is 4.90 Å². The molecule has 1 aromatic rings. The second kappa shape index (κ2) is 5.63. The first-order valence-electron chi connectivity index (χ1n) is 5.74. The standard InChI is InChI=1S/C11H16FN5O/c12-9-1-2-11(14-7-9)17-5-3-16(4-6-17)8-10(13)15-18/h1-2,7,18H,3-6,8H2,(H2,13,15). The number of oxime groups is 1. The summed E-state index contributed by atoms with van der Waals surface area (Å²) in [6.07, 6.45) is 1.22. The molecule has 0 aromatic carbocycles. The lowest BCUT2D eigenvalue weighted by Crippen LogP contribution is -2.49. The van der Waals surface area contributed by atoms with Crippen LogP contribution in [0.2, 0.25) is 0 Å². The molecule has 0 saturated carbocycles. The van der Waals surface area contributed by atoms with Gasteiger partial charge in [-0.15, -0.1) is 0 Å². The number of pyridine rings is 1. The maximum absolute atomic E-state index is 12.8. The van der Waals surface area contributed by atoms with Crippen LogP contribution < -0.4 is 10.6 Å². The number of nitrogens with zero attached hydrogens (tertiary/aromatic N) is 4. The van der Waals surface area contributed by atoms with E-state index < -0.39 is 0 Å². The minimum Gasteiger partial charge on any atom is -0.409 e. The van der Waals surface area contributed by atoms with Gasteiger partial charge in [-0.2, -0.15) is 0 Å². The lowest BCUT2D eigenvalue weighted by molar-refractivity contribution is 0.278. The van der Waals surface area contributed by atoms with Crippen LogP contribution in [0, 0.1) is 5.82 Å². The summed E-state index contributed by atoms with van der Waals surface area (Å²) in [7, 11) is 0. The molecule has 1 saturated heterocycles. The number of halogens is 1. The number of anilines is 1. The average Bonchev–Trinajstić information content (AvgIpc) is 2.40. The highest BCUT2D eigenvalue weighted by molar-refractivity contribution is 5.81. The normalized spacial score (nSPS) is 18.1. The fraction of sp³-hybridized carbons (Fsp3) is 0.455. The zero-order valence-corrected chi connectivity index (χ0v) is 9.96. The first kappa shape index (κ1) is 12.6. The first-order chi connectivity index (χ1) is 8.69. The van der Waals surface area contributed by atoms with Gasteiger partial charge in [0.1, 0.15) is 11.6 Å². The Morgan fingerprint density at radius 2 is 2.11 bits per heavy atom. The summed E-state index contributed by atoms with van der Waals surface area (Å²) >= 11 is 0. The molecule has 18 heavy (non-hydrogen) atoms. The van der Waals surface area contributed by atoms with E-state index in [9.17, 15) is 4.39 Å². The van der Waals surface area contributed by atoms with Crippen LogP contribution in [0.3, 0.4) is 0 Å². The third-order valence-electron chi connectivity index (χ3n) is 2.92. The van der Waals surface area contributed by atoms with E-state index in [-0.39, 0.29) is 11.7 Å². The molecule has 6 nitrogen and oxygen atoms in total. The Morgan fingerprint density at radius 3 is 2.67 bits per heavy atom.